The topological polar surface area (TPSA) is 70.8 Å². The molecule has 1 aromatic heterocycles. The number of thioether (sulfide) groups is 1. The number of carboxylic acid groups (broad SMARTS) is 1. The summed E-state index contributed by atoms with van der Waals surface area (Å²) in [5.41, 5.74) is 1.21. The van der Waals surface area contributed by atoms with Gasteiger partial charge in [-0.2, -0.15) is 0 Å². The minimum absolute atomic E-state index is 0.181. The number of hydrogen-bond donors (Lipinski definition) is 1. The Morgan fingerprint density at radius 2 is 1.80 bits per heavy atom. The molecule has 1 fully saturated rings. The van der Waals surface area contributed by atoms with Crippen LogP contribution in [-0.2, 0) is 9.59 Å². The van der Waals surface area contributed by atoms with Crippen molar-refractivity contribution >= 4 is 57.9 Å². The Hall–Kier alpha value is -2.87. The largest absolute Gasteiger partial charge is 0.479 e. The molecule has 0 saturated carbocycles. The molecule has 0 radical (unpaired) electrons. The van der Waals surface area contributed by atoms with Crippen LogP contribution in [0.15, 0.2) is 76.1 Å². The van der Waals surface area contributed by atoms with Gasteiger partial charge in [0.15, 0.2) is 6.04 Å². The lowest BCUT2D eigenvalue weighted by Crippen LogP contribution is -2.37. The maximum atomic E-state index is 13.0. The molecule has 150 valence electrons. The van der Waals surface area contributed by atoms with Crippen molar-refractivity contribution in [1.82, 2.24) is 4.90 Å². The van der Waals surface area contributed by atoms with Crippen molar-refractivity contribution in [2.75, 3.05) is 0 Å². The summed E-state index contributed by atoms with van der Waals surface area (Å²) in [6, 6.07) is 18.1. The second kappa shape index (κ2) is 8.47. The first-order valence-electron chi connectivity index (χ1n) is 8.85. The van der Waals surface area contributed by atoms with E-state index in [0.29, 0.717) is 27.0 Å². The normalized spacial score (nSPS) is 16.3. The summed E-state index contributed by atoms with van der Waals surface area (Å²) in [6.07, 6.45) is 1.56. The Morgan fingerprint density at radius 3 is 2.50 bits per heavy atom. The molecule has 1 N–H and O–H groups in total. The van der Waals surface area contributed by atoms with Gasteiger partial charge in [0.2, 0.25) is 0 Å². The van der Waals surface area contributed by atoms with Crippen molar-refractivity contribution in [1.29, 1.82) is 0 Å². The number of rotatable bonds is 5. The van der Waals surface area contributed by atoms with Crippen LogP contribution in [0.1, 0.15) is 17.4 Å². The van der Waals surface area contributed by atoms with Crippen molar-refractivity contribution in [3.63, 3.8) is 0 Å². The molecule has 0 spiro atoms. The number of carbonyl (C=O) groups excluding carboxylic acids is 1. The van der Waals surface area contributed by atoms with E-state index >= 15 is 0 Å². The number of thiocarbonyl (C=S) groups is 1. The highest BCUT2D eigenvalue weighted by atomic mass is 35.5. The van der Waals surface area contributed by atoms with Crippen LogP contribution in [0.25, 0.3) is 17.4 Å². The van der Waals surface area contributed by atoms with Gasteiger partial charge in [-0.3, -0.25) is 9.69 Å². The second-order valence-electron chi connectivity index (χ2n) is 6.39. The van der Waals surface area contributed by atoms with E-state index < -0.39 is 17.9 Å². The van der Waals surface area contributed by atoms with E-state index in [-0.39, 0.29) is 4.32 Å². The molecule has 1 atom stereocenters. The Bertz CT molecular complexity index is 1170. The molecule has 1 aliphatic rings. The van der Waals surface area contributed by atoms with E-state index in [1.807, 2.05) is 18.2 Å². The fourth-order valence-corrected chi connectivity index (χ4v) is 4.63. The highest BCUT2D eigenvalue weighted by Crippen LogP contribution is 2.39. The van der Waals surface area contributed by atoms with Gasteiger partial charge in [0.25, 0.3) is 5.91 Å². The Balaban J connectivity index is 1.64. The molecule has 0 aliphatic carbocycles. The fraction of sp³-hybridized carbons (Fsp3) is 0.0455. The SMILES string of the molecule is O=C(O)[C@H](c1ccccc1)N1C(=O)/C(=C/c2ccc(-c3ccccc3Cl)o2)SC1=S. The van der Waals surface area contributed by atoms with Crippen LogP contribution in [0.5, 0.6) is 0 Å². The molecule has 2 heterocycles. The van der Waals surface area contributed by atoms with E-state index in [2.05, 4.69) is 0 Å². The summed E-state index contributed by atoms with van der Waals surface area (Å²) in [5, 5.41) is 10.3. The summed E-state index contributed by atoms with van der Waals surface area (Å²) < 4.78 is 6.00. The van der Waals surface area contributed by atoms with Gasteiger partial charge in [0.1, 0.15) is 15.8 Å². The van der Waals surface area contributed by atoms with E-state index in [4.69, 9.17) is 28.2 Å². The first kappa shape index (κ1) is 20.4. The van der Waals surface area contributed by atoms with Gasteiger partial charge in [-0.05, 0) is 29.8 Å². The minimum Gasteiger partial charge on any atom is -0.479 e. The predicted octanol–water partition coefficient (Wildman–Crippen LogP) is 5.63. The third-order valence-electron chi connectivity index (χ3n) is 4.47. The smallest absolute Gasteiger partial charge is 0.331 e. The number of amides is 1. The molecular weight excluding hydrogens is 442 g/mol. The molecular formula is C22H14ClNO4S2. The van der Waals surface area contributed by atoms with Crippen molar-refractivity contribution in [3.05, 3.63) is 88.0 Å². The molecule has 30 heavy (non-hydrogen) atoms. The zero-order valence-corrected chi connectivity index (χ0v) is 17.7. The van der Waals surface area contributed by atoms with Gasteiger partial charge in [0.05, 0.1) is 9.93 Å². The lowest BCUT2D eigenvalue weighted by Gasteiger charge is -2.23. The van der Waals surface area contributed by atoms with Gasteiger partial charge in [-0.15, -0.1) is 0 Å². The number of furan rings is 1. The zero-order chi connectivity index (χ0) is 21.3. The summed E-state index contributed by atoms with van der Waals surface area (Å²) in [5.74, 6) is -0.623. The van der Waals surface area contributed by atoms with Crippen molar-refractivity contribution in [2.24, 2.45) is 0 Å². The molecule has 5 nitrogen and oxygen atoms in total. The molecule has 1 saturated heterocycles. The highest BCUT2D eigenvalue weighted by Gasteiger charge is 2.41. The van der Waals surface area contributed by atoms with Gasteiger partial charge < -0.3 is 9.52 Å². The van der Waals surface area contributed by atoms with Gasteiger partial charge in [-0.1, -0.05) is 78.0 Å². The second-order valence-corrected chi connectivity index (χ2v) is 8.47. The number of carboxylic acids is 1. The third kappa shape index (κ3) is 3.92. The number of aliphatic carboxylic acids is 1. The Kier molecular flexibility index (Phi) is 5.76. The Labute approximate surface area is 186 Å². The Morgan fingerprint density at radius 1 is 1.10 bits per heavy atom. The number of benzene rings is 2. The van der Waals surface area contributed by atoms with E-state index in [9.17, 15) is 14.7 Å². The standard InChI is InChI=1S/C22H14ClNO4S2/c23-16-9-5-4-8-15(16)17-11-10-14(28-17)12-18-20(25)24(22(29)30-18)19(21(26)27)13-6-2-1-3-7-13/h1-12,19H,(H,26,27)/b18-12-/t19-/m0/s1. The molecule has 4 rings (SSSR count). The maximum Gasteiger partial charge on any atom is 0.331 e. The molecule has 0 unspecified atom stereocenters. The number of carbonyl (C=O) groups is 2. The first-order valence-corrected chi connectivity index (χ1v) is 10.5. The van der Waals surface area contributed by atoms with Crippen LogP contribution in [0.3, 0.4) is 0 Å². The van der Waals surface area contributed by atoms with Crippen LogP contribution in [0, 0.1) is 0 Å². The van der Waals surface area contributed by atoms with Crippen molar-refractivity contribution in [3.8, 4) is 11.3 Å². The molecule has 2 aromatic carbocycles. The predicted molar refractivity (Wildman–Crippen MR) is 121 cm³/mol. The van der Waals surface area contributed by atoms with Crippen molar-refractivity contribution in [2.45, 2.75) is 6.04 Å². The monoisotopic (exact) mass is 455 g/mol. The molecule has 0 bridgehead atoms. The minimum atomic E-state index is -1.19. The van der Waals surface area contributed by atoms with Gasteiger partial charge in [0, 0.05) is 11.6 Å². The van der Waals surface area contributed by atoms with Crippen LogP contribution in [-0.4, -0.2) is 26.2 Å². The number of halogens is 1. The molecule has 8 heteroatoms. The van der Waals surface area contributed by atoms with Crippen LogP contribution < -0.4 is 0 Å². The van der Waals surface area contributed by atoms with Crippen LogP contribution in [0.2, 0.25) is 5.02 Å². The van der Waals surface area contributed by atoms with E-state index in [1.165, 1.54) is 0 Å². The summed E-state index contributed by atoms with van der Waals surface area (Å²) in [6.45, 7) is 0. The lowest BCUT2D eigenvalue weighted by atomic mass is 10.1. The molecule has 1 amide bonds. The average molecular weight is 456 g/mol. The zero-order valence-electron chi connectivity index (χ0n) is 15.3. The molecule has 3 aromatic rings. The van der Waals surface area contributed by atoms with Gasteiger partial charge >= 0.3 is 5.97 Å². The van der Waals surface area contributed by atoms with Crippen molar-refractivity contribution < 1.29 is 19.1 Å². The summed E-state index contributed by atoms with van der Waals surface area (Å²) >= 11 is 12.6. The number of nitrogens with zero attached hydrogens (tertiary/aromatic N) is 1. The molecule has 1 aliphatic heterocycles. The fourth-order valence-electron chi connectivity index (χ4n) is 3.11. The van der Waals surface area contributed by atoms with Crippen LogP contribution in [0.4, 0.5) is 0 Å². The maximum absolute atomic E-state index is 13.0. The summed E-state index contributed by atoms with van der Waals surface area (Å²) in [7, 11) is 0. The average Bonchev–Trinajstić information content (AvgIpc) is 3.29. The highest BCUT2D eigenvalue weighted by molar-refractivity contribution is 8.26. The van der Waals surface area contributed by atoms with Crippen LogP contribution >= 0.6 is 35.6 Å². The third-order valence-corrected chi connectivity index (χ3v) is 6.13. The lowest BCUT2D eigenvalue weighted by molar-refractivity contribution is -0.145. The quantitative estimate of drug-likeness (QED) is 0.397. The first-order chi connectivity index (χ1) is 14.5. The van der Waals surface area contributed by atoms with E-state index in [1.54, 1.807) is 54.6 Å². The van der Waals surface area contributed by atoms with Gasteiger partial charge in [-0.25, -0.2) is 4.79 Å². The summed E-state index contributed by atoms with van der Waals surface area (Å²) in [4.78, 5) is 26.3. The number of hydrogen-bond acceptors (Lipinski definition) is 5. The van der Waals surface area contributed by atoms with E-state index in [0.717, 1.165) is 22.2 Å².